The Morgan fingerprint density at radius 3 is 2.46 bits per heavy atom. The molecule has 0 aliphatic heterocycles. The van der Waals surface area contributed by atoms with Gasteiger partial charge in [-0.15, -0.1) is 0 Å². The summed E-state index contributed by atoms with van der Waals surface area (Å²) in [5, 5.41) is 3.05. The summed E-state index contributed by atoms with van der Waals surface area (Å²) in [6.07, 6.45) is 0.938. The van der Waals surface area contributed by atoms with Gasteiger partial charge >= 0.3 is 0 Å². The fourth-order valence-electron chi connectivity index (χ4n) is 0.762. The molecule has 0 fully saturated rings. The van der Waals surface area contributed by atoms with Crippen molar-refractivity contribution in [2.75, 3.05) is 24.6 Å². The summed E-state index contributed by atoms with van der Waals surface area (Å²) in [7, 11) is -2.82. The van der Waals surface area contributed by atoms with Gasteiger partial charge in [0, 0.05) is 18.8 Å². The molecule has 0 atom stereocenters. The van der Waals surface area contributed by atoms with Gasteiger partial charge in [0.05, 0.1) is 5.75 Å². The van der Waals surface area contributed by atoms with E-state index < -0.39 is 9.84 Å². The lowest BCUT2D eigenvalue weighted by atomic mass is 10.2. The third-order valence-electron chi connectivity index (χ3n) is 1.90. The minimum atomic E-state index is -2.82. The maximum atomic E-state index is 11.1. The Morgan fingerprint density at radius 1 is 1.38 bits per heavy atom. The van der Waals surface area contributed by atoms with E-state index in [-0.39, 0.29) is 11.5 Å². The lowest BCUT2D eigenvalue weighted by Gasteiger charge is -2.05. The Labute approximate surface area is 81.1 Å². The Morgan fingerprint density at radius 2 is 2.00 bits per heavy atom. The smallest absolute Gasteiger partial charge is 0.151 e. The van der Waals surface area contributed by atoms with Crippen molar-refractivity contribution < 1.29 is 8.42 Å². The van der Waals surface area contributed by atoms with Crippen LogP contribution in [0, 0.1) is 0 Å². The van der Waals surface area contributed by atoms with Gasteiger partial charge < -0.3 is 5.32 Å². The Balaban J connectivity index is 3.52. The molecule has 0 aliphatic rings. The molecule has 13 heavy (non-hydrogen) atoms. The van der Waals surface area contributed by atoms with Crippen molar-refractivity contribution in [3.63, 3.8) is 0 Å². The second kappa shape index (κ2) is 6.16. The summed E-state index contributed by atoms with van der Waals surface area (Å²) >= 11 is 0. The highest BCUT2D eigenvalue weighted by atomic mass is 32.2. The average Bonchev–Trinajstić information content (AvgIpc) is 2.12. The zero-order valence-corrected chi connectivity index (χ0v) is 9.28. The van der Waals surface area contributed by atoms with E-state index in [1.165, 1.54) is 0 Å². The molecule has 4 heteroatoms. The summed E-state index contributed by atoms with van der Waals surface area (Å²) in [4.78, 5) is 0. The van der Waals surface area contributed by atoms with Crippen LogP contribution in [0.4, 0.5) is 0 Å². The monoisotopic (exact) mass is 205 g/mol. The van der Waals surface area contributed by atoms with Crippen molar-refractivity contribution in [1.82, 2.24) is 5.32 Å². The Hall–Kier alpha value is -0.350. The minimum Gasteiger partial charge on any atom is -0.312 e. The zero-order valence-electron chi connectivity index (χ0n) is 8.47. The first kappa shape index (κ1) is 12.7. The molecule has 0 aromatic heterocycles. The Kier molecular flexibility index (Phi) is 5.99. The highest BCUT2D eigenvalue weighted by Crippen LogP contribution is 1.93. The molecule has 1 N–H and O–H groups in total. The molecule has 0 aliphatic carbocycles. The molecule has 0 saturated heterocycles. The summed E-state index contributed by atoms with van der Waals surface area (Å²) < 4.78 is 22.1. The molecule has 0 spiro atoms. The first-order chi connectivity index (χ1) is 6.02. The first-order valence-corrected chi connectivity index (χ1v) is 6.41. The van der Waals surface area contributed by atoms with Crippen molar-refractivity contribution >= 4 is 9.84 Å². The van der Waals surface area contributed by atoms with Crippen molar-refractivity contribution in [3.8, 4) is 0 Å². The third-order valence-corrected chi connectivity index (χ3v) is 3.61. The van der Waals surface area contributed by atoms with Gasteiger partial charge in [-0.3, -0.25) is 0 Å². The van der Waals surface area contributed by atoms with Crippen LogP contribution in [0.1, 0.15) is 20.3 Å². The summed E-state index contributed by atoms with van der Waals surface area (Å²) in [5.41, 5.74) is 1.11. The van der Waals surface area contributed by atoms with Crippen LogP contribution < -0.4 is 5.32 Å². The van der Waals surface area contributed by atoms with Crippen LogP contribution in [0.2, 0.25) is 0 Å². The molecular weight excluding hydrogens is 186 g/mol. The number of rotatable bonds is 7. The molecule has 78 valence electrons. The summed E-state index contributed by atoms with van der Waals surface area (Å²) in [6.45, 7) is 8.76. The molecule has 0 aromatic carbocycles. The Bertz CT molecular complexity index is 244. The molecule has 0 unspecified atom stereocenters. The average molecular weight is 205 g/mol. The first-order valence-electron chi connectivity index (χ1n) is 4.59. The van der Waals surface area contributed by atoms with E-state index in [4.69, 9.17) is 0 Å². The van der Waals surface area contributed by atoms with Gasteiger partial charge in [-0.2, -0.15) is 0 Å². The predicted molar refractivity (Wildman–Crippen MR) is 56.6 cm³/mol. The van der Waals surface area contributed by atoms with Crippen molar-refractivity contribution in [1.29, 1.82) is 0 Å². The molecule has 0 saturated carbocycles. The van der Waals surface area contributed by atoms with Gasteiger partial charge in [-0.1, -0.05) is 26.0 Å². The SMILES string of the molecule is C=C(CC)CNCCS(=O)(=O)CC. The van der Waals surface area contributed by atoms with Crippen LogP contribution in [0.3, 0.4) is 0 Å². The van der Waals surface area contributed by atoms with Gasteiger partial charge in [0.1, 0.15) is 0 Å². The van der Waals surface area contributed by atoms with Gasteiger partial charge in [0.15, 0.2) is 9.84 Å². The van der Waals surface area contributed by atoms with E-state index in [9.17, 15) is 8.42 Å². The van der Waals surface area contributed by atoms with E-state index in [0.29, 0.717) is 6.54 Å². The second-order valence-electron chi connectivity index (χ2n) is 3.02. The highest BCUT2D eigenvalue weighted by molar-refractivity contribution is 7.91. The van der Waals surface area contributed by atoms with Crippen LogP contribution in [-0.2, 0) is 9.84 Å². The number of sulfone groups is 1. The van der Waals surface area contributed by atoms with E-state index in [2.05, 4.69) is 11.9 Å². The molecular formula is C9H19NO2S. The van der Waals surface area contributed by atoms with E-state index in [1.807, 2.05) is 6.92 Å². The van der Waals surface area contributed by atoms with Crippen LogP contribution in [0.5, 0.6) is 0 Å². The summed E-state index contributed by atoms with van der Waals surface area (Å²) in [5.74, 6) is 0.448. The minimum absolute atomic E-state index is 0.223. The normalized spacial score (nSPS) is 11.5. The molecule has 0 amide bonds. The van der Waals surface area contributed by atoms with E-state index in [1.54, 1.807) is 6.92 Å². The number of hydrogen-bond acceptors (Lipinski definition) is 3. The molecule has 0 heterocycles. The third kappa shape index (κ3) is 6.78. The van der Waals surface area contributed by atoms with Crippen LogP contribution in [-0.4, -0.2) is 33.0 Å². The van der Waals surface area contributed by atoms with Crippen LogP contribution in [0.25, 0.3) is 0 Å². The van der Waals surface area contributed by atoms with Crippen molar-refractivity contribution in [2.45, 2.75) is 20.3 Å². The van der Waals surface area contributed by atoms with Crippen LogP contribution >= 0.6 is 0 Å². The largest absolute Gasteiger partial charge is 0.312 e. The van der Waals surface area contributed by atoms with Crippen molar-refractivity contribution in [2.24, 2.45) is 0 Å². The fourth-order valence-corrected chi connectivity index (χ4v) is 1.51. The van der Waals surface area contributed by atoms with Crippen molar-refractivity contribution in [3.05, 3.63) is 12.2 Å². The topological polar surface area (TPSA) is 46.2 Å². The molecule has 0 rings (SSSR count). The van der Waals surface area contributed by atoms with Gasteiger partial charge in [-0.05, 0) is 6.42 Å². The molecule has 0 aromatic rings. The summed E-state index contributed by atoms with van der Waals surface area (Å²) in [6, 6.07) is 0. The maximum Gasteiger partial charge on any atom is 0.151 e. The lowest BCUT2D eigenvalue weighted by Crippen LogP contribution is -2.25. The number of nitrogens with one attached hydrogen (secondary N) is 1. The maximum absolute atomic E-state index is 11.1. The highest BCUT2D eigenvalue weighted by Gasteiger charge is 2.05. The lowest BCUT2D eigenvalue weighted by molar-refractivity contribution is 0.593. The number of hydrogen-bond donors (Lipinski definition) is 1. The van der Waals surface area contributed by atoms with Gasteiger partial charge in [0.25, 0.3) is 0 Å². The predicted octanol–water partition coefficient (Wildman–Crippen LogP) is 0.977. The quantitative estimate of drug-likeness (QED) is 0.498. The molecule has 3 nitrogen and oxygen atoms in total. The molecule has 0 bridgehead atoms. The van der Waals surface area contributed by atoms with Crippen LogP contribution in [0.15, 0.2) is 12.2 Å². The zero-order chi connectivity index (χ0) is 10.3. The fraction of sp³-hybridized carbons (Fsp3) is 0.778. The standard InChI is InChI=1S/C9H19NO2S/c1-4-9(3)8-10-6-7-13(11,12)5-2/h10H,3-8H2,1-2H3. The molecule has 0 radical (unpaired) electrons. The van der Waals surface area contributed by atoms with E-state index in [0.717, 1.165) is 18.5 Å². The van der Waals surface area contributed by atoms with Gasteiger partial charge in [0.2, 0.25) is 0 Å². The van der Waals surface area contributed by atoms with Gasteiger partial charge in [-0.25, -0.2) is 8.42 Å². The second-order valence-corrected chi connectivity index (χ2v) is 5.49. The van der Waals surface area contributed by atoms with E-state index >= 15 is 0 Å².